The van der Waals surface area contributed by atoms with E-state index in [-0.39, 0.29) is 6.04 Å². The zero-order chi connectivity index (χ0) is 33.1. The summed E-state index contributed by atoms with van der Waals surface area (Å²) in [7, 11) is 2.17. The van der Waals surface area contributed by atoms with Gasteiger partial charge in [-0.1, -0.05) is 129 Å². The molecule has 3 aromatic heterocycles. The van der Waals surface area contributed by atoms with E-state index in [1.165, 1.54) is 11.1 Å². The first-order chi connectivity index (χ1) is 24.0. The second kappa shape index (κ2) is 11.8. The van der Waals surface area contributed by atoms with Crippen molar-refractivity contribution in [1.29, 1.82) is 0 Å². The molecule has 2 aliphatic rings. The van der Waals surface area contributed by atoms with Crippen molar-refractivity contribution in [1.82, 2.24) is 15.0 Å². The highest BCUT2D eigenvalue weighted by atomic mass is 15.1. The van der Waals surface area contributed by atoms with E-state index in [4.69, 9.17) is 15.0 Å². The predicted octanol–water partition coefficient (Wildman–Crippen LogP) is 11.2. The zero-order valence-corrected chi connectivity index (χ0v) is 28.1. The van der Waals surface area contributed by atoms with E-state index in [0.717, 1.165) is 73.0 Å². The highest BCUT2D eigenvalue weighted by Crippen LogP contribution is 2.41. The van der Waals surface area contributed by atoms with E-state index in [2.05, 4.69) is 165 Å². The van der Waals surface area contributed by atoms with Crippen molar-refractivity contribution < 1.29 is 0 Å². The molecule has 1 aliphatic carbocycles. The molecule has 0 N–H and O–H groups in total. The van der Waals surface area contributed by atoms with Crippen LogP contribution in [0.3, 0.4) is 0 Å². The summed E-state index contributed by atoms with van der Waals surface area (Å²) in [6.07, 6.45) is 10.3. The Balaban J connectivity index is 1.11. The summed E-state index contributed by atoms with van der Waals surface area (Å²) in [5.74, 6) is 1.51. The van der Waals surface area contributed by atoms with E-state index in [9.17, 15) is 0 Å². The minimum Gasteiger partial charge on any atom is -0.362 e. The third kappa shape index (κ3) is 5.10. The molecule has 0 spiro atoms. The normalized spacial score (nSPS) is 20.3. The van der Waals surface area contributed by atoms with Crippen LogP contribution in [0.15, 0.2) is 133 Å². The Bertz CT molecular complexity index is 2440. The SMILES string of the molecule is CC1CC=CC(c2ccc3ccc4ccc(-c5cccc(-c6ccc7ccc8c(c7n6)N(C)C(c6ccccc6)C=C8)c5)nc4c3n2)C1C. The molecule has 4 heterocycles. The van der Waals surface area contributed by atoms with Crippen molar-refractivity contribution in [3.05, 3.63) is 150 Å². The number of anilines is 1. The van der Waals surface area contributed by atoms with Gasteiger partial charge in [-0.2, -0.15) is 0 Å². The summed E-state index contributed by atoms with van der Waals surface area (Å²) < 4.78 is 0. The quantitative estimate of drug-likeness (QED) is 0.143. The maximum Gasteiger partial charge on any atom is 0.0972 e. The Kier molecular flexibility index (Phi) is 7.12. The molecular weight excluding hydrogens is 597 g/mol. The molecule has 4 heteroatoms. The molecule has 1 aliphatic heterocycles. The second-order valence-corrected chi connectivity index (χ2v) is 13.8. The molecule has 0 fully saturated rings. The zero-order valence-electron chi connectivity index (χ0n) is 28.1. The van der Waals surface area contributed by atoms with Gasteiger partial charge in [-0.3, -0.25) is 0 Å². The summed E-state index contributed by atoms with van der Waals surface area (Å²) >= 11 is 0. The molecule has 0 radical (unpaired) electrons. The summed E-state index contributed by atoms with van der Waals surface area (Å²) in [6.45, 7) is 4.70. The fourth-order valence-corrected chi connectivity index (χ4v) is 7.82. The molecule has 49 heavy (non-hydrogen) atoms. The fraction of sp³-hybridized carbons (Fsp3) is 0.178. The molecule has 0 saturated heterocycles. The van der Waals surface area contributed by atoms with Gasteiger partial charge in [0.25, 0.3) is 0 Å². The van der Waals surface area contributed by atoms with Gasteiger partial charge in [-0.15, -0.1) is 0 Å². The number of allylic oxidation sites excluding steroid dienone is 2. The van der Waals surface area contributed by atoms with Gasteiger partial charge in [0, 0.05) is 45.9 Å². The Morgan fingerprint density at radius 2 is 1.24 bits per heavy atom. The smallest absolute Gasteiger partial charge is 0.0972 e. The first-order valence-corrected chi connectivity index (χ1v) is 17.4. The maximum atomic E-state index is 5.32. The van der Waals surface area contributed by atoms with Gasteiger partial charge in [0.1, 0.15) is 0 Å². The Hall–Kier alpha value is -5.61. The molecule has 4 nitrogen and oxygen atoms in total. The molecule has 0 bridgehead atoms. The van der Waals surface area contributed by atoms with Crippen LogP contribution < -0.4 is 4.90 Å². The lowest BCUT2D eigenvalue weighted by Crippen LogP contribution is -2.25. The van der Waals surface area contributed by atoms with E-state index in [1.807, 2.05) is 0 Å². The second-order valence-electron chi connectivity index (χ2n) is 13.8. The lowest BCUT2D eigenvalue weighted by molar-refractivity contribution is 0.340. The lowest BCUT2D eigenvalue weighted by Gasteiger charge is -2.33. The maximum absolute atomic E-state index is 5.32. The van der Waals surface area contributed by atoms with Crippen molar-refractivity contribution in [2.24, 2.45) is 11.8 Å². The molecule has 9 rings (SSSR count). The van der Waals surface area contributed by atoms with E-state index < -0.39 is 0 Å². The van der Waals surface area contributed by atoms with Crippen molar-refractivity contribution in [2.45, 2.75) is 32.2 Å². The van der Waals surface area contributed by atoms with Crippen LogP contribution in [0, 0.1) is 11.8 Å². The Labute approximate surface area is 287 Å². The molecule has 7 aromatic rings. The molecule has 4 atom stereocenters. The summed E-state index contributed by atoms with van der Waals surface area (Å²) in [6, 6.07) is 41.2. The number of rotatable bonds is 4. The van der Waals surface area contributed by atoms with Crippen molar-refractivity contribution >= 4 is 44.5 Å². The highest BCUT2D eigenvalue weighted by molar-refractivity contribution is 6.03. The molecule has 4 aromatic carbocycles. The minimum atomic E-state index is 0.153. The number of benzene rings is 4. The van der Waals surface area contributed by atoms with Gasteiger partial charge in [0.15, 0.2) is 0 Å². The van der Waals surface area contributed by atoms with Gasteiger partial charge in [-0.25, -0.2) is 15.0 Å². The third-order valence-electron chi connectivity index (χ3n) is 10.9. The molecule has 238 valence electrons. The summed E-state index contributed by atoms with van der Waals surface area (Å²) in [5.41, 5.74) is 11.7. The average Bonchev–Trinajstić information content (AvgIpc) is 3.15. The largest absolute Gasteiger partial charge is 0.362 e. The number of nitrogens with zero attached hydrogens (tertiary/aromatic N) is 4. The number of pyridine rings is 3. The standard InChI is InChI=1S/C45H38N4/c1-28-9-7-14-37(29(28)2)40-25-21-32-16-15-31-19-23-38(46-42(31)43(32)48-40)35-12-8-13-36(27-35)39-24-20-33-17-18-34-22-26-41(30-10-5-4-6-11-30)49(3)45(34)44(33)47-39/h4-8,10-29,37,41H,9H2,1-3H3. The predicted molar refractivity (Wildman–Crippen MR) is 205 cm³/mol. The number of hydrogen-bond acceptors (Lipinski definition) is 4. The van der Waals surface area contributed by atoms with Gasteiger partial charge in [0.05, 0.1) is 39.7 Å². The first kappa shape index (κ1) is 29.5. The van der Waals surface area contributed by atoms with E-state index in [1.54, 1.807) is 0 Å². The van der Waals surface area contributed by atoms with Crippen LogP contribution in [0.1, 0.15) is 49.0 Å². The summed E-state index contributed by atoms with van der Waals surface area (Å²) in [4.78, 5) is 18.2. The van der Waals surface area contributed by atoms with Crippen LogP contribution in [0.4, 0.5) is 5.69 Å². The van der Waals surface area contributed by atoms with Crippen LogP contribution in [-0.4, -0.2) is 22.0 Å². The number of aromatic nitrogens is 3. The van der Waals surface area contributed by atoms with Gasteiger partial charge >= 0.3 is 0 Å². The van der Waals surface area contributed by atoms with Crippen molar-refractivity contribution in [2.75, 3.05) is 11.9 Å². The molecule has 0 saturated carbocycles. The monoisotopic (exact) mass is 634 g/mol. The topological polar surface area (TPSA) is 41.9 Å². The van der Waals surface area contributed by atoms with Crippen LogP contribution in [0.5, 0.6) is 0 Å². The number of fused-ring (bicyclic) bond motifs is 6. The van der Waals surface area contributed by atoms with Gasteiger partial charge in [-0.05, 0) is 53.6 Å². The van der Waals surface area contributed by atoms with E-state index in [0.29, 0.717) is 17.8 Å². The average molecular weight is 635 g/mol. The van der Waals surface area contributed by atoms with E-state index >= 15 is 0 Å². The van der Waals surface area contributed by atoms with Crippen molar-refractivity contribution in [3.63, 3.8) is 0 Å². The molecule has 0 amide bonds. The van der Waals surface area contributed by atoms with Gasteiger partial charge in [0.2, 0.25) is 0 Å². The van der Waals surface area contributed by atoms with Crippen LogP contribution in [0.25, 0.3) is 61.3 Å². The Morgan fingerprint density at radius 3 is 2.00 bits per heavy atom. The number of hydrogen-bond donors (Lipinski definition) is 0. The highest BCUT2D eigenvalue weighted by Gasteiger charge is 2.26. The lowest BCUT2D eigenvalue weighted by atomic mass is 9.76. The van der Waals surface area contributed by atoms with Crippen LogP contribution >= 0.6 is 0 Å². The molecular formula is C45H38N4. The molecule has 4 unspecified atom stereocenters. The van der Waals surface area contributed by atoms with Crippen LogP contribution in [-0.2, 0) is 0 Å². The third-order valence-corrected chi connectivity index (χ3v) is 10.9. The Morgan fingerprint density at radius 1 is 0.612 bits per heavy atom. The van der Waals surface area contributed by atoms with Crippen molar-refractivity contribution in [3.8, 4) is 22.5 Å². The minimum absolute atomic E-state index is 0.153. The number of likely N-dealkylation sites (N-methyl/N-ethyl adjacent to an activating group) is 1. The van der Waals surface area contributed by atoms with Crippen LogP contribution in [0.2, 0.25) is 0 Å². The first-order valence-electron chi connectivity index (χ1n) is 17.4. The fourth-order valence-electron chi connectivity index (χ4n) is 7.82. The summed E-state index contributed by atoms with van der Waals surface area (Å²) in [5, 5.41) is 3.36. The van der Waals surface area contributed by atoms with Gasteiger partial charge < -0.3 is 4.90 Å².